The summed E-state index contributed by atoms with van der Waals surface area (Å²) < 4.78 is 0. The van der Waals surface area contributed by atoms with Crippen LogP contribution in [0.5, 0.6) is 0 Å². The molecule has 0 aromatic heterocycles. The van der Waals surface area contributed by atoms with Gasteiger partial charge >= 0.3 is 27.3 Å². The molecular weight excluding hydrogens is 327 g/mol. The van der Waals surface area contributed by atoms with Crippen LogP contribution in [0.1, 0.15) is 0 Å². The summed E-state index contributed by atoms with van der Waals surface area (Å²) in [4.78, 5) is 0. The SMILES string of the molecule is Clc1[c-]cccc1.Clc1[c-]cccc1.[Cd+2]. The summed E-state index contributed by atoms with van der Waals surface area (Å²) >= 11 is 11.0. The number of rotatable bonds is 0. The van der Waals surface area contributed by atoms with Gasteiger partial charge in [0.15, 0.2) is 0 Å². The van der Waals surface area contributed by atoms with Crippen LogP contribution < -0.4 is 0 Å². The first-order chi connectivity index (χ1) is 6.79. The molecule has 0 unspecified atom stereocenters. The fourth-order valence-electron chi connectivity index (χ4n) is 0.743. The Hall–Kier alpha value is -0.0579. The molecule has 2 rings (SSSR count). The van der Waals surface area contributed by atoms with E-state index in [-0.39, 0.29) is 27.3 Å². The molecule has 0 aliphatic carbocycles. The van der Waals surface area contributed by atoms with E-state index < -0.39 is 0 Å². The van der Waals surface area contributed by atoms with E-state index in [4.69, 9.17) is 23.2 Å². The third kappa shape index (κ3) is 7.82. The van der Waals surface area contributed by atoms with E-state index in [1.54, 1.807) is 24.3 Å². The first kappa shape index (κ1) is 14.9. The molecule has 72 valence electrons. The molecule has 0 nitrogen and oxygen atoms in total. The molecule has 0 saturated carbocycles. The Kier molecular flexibility index (Phi) is 9.15. The quantitative estimate of drug-likeness (QED) is 0.498. The van der Waals surface area contributed by atoms with Gasteiger partial charge < -0.3 is 0 Å². The van der Waals surface area contributed by atoms with Gasteiger partial charge in [-0.3, -0.25) is 0 Å². The molecule has 0 heterocycles. The van der Waals surface area contributed by atoms with E-state index in [1.807, 2.05) is 24.3 Å². The maximum atomic E-state index is 5.48. The van der Waals surface area contributed by atoms with E-state index in [9.17, 15) is 0 Å². The van der Waals surface area contributed by atoms with E-state index in [2.05, 4.69) is 12.1 Å². The van der Waals surface area contributed by atoms with Crippen LogP contribution in [0.3, 0.4) is 0 Å². The van der Waals surface area contributed by atoms with Gasteiger partial charge in [-0.05, 0) is 0 Å². The Bertz CT molecular complexity index is 311. The smallest absolute Gasteiger partial charge is 0.176 e. The molecule has 0 N–H and O–H groups in total. The minimum atomic E-state index is 0. The van der Waals surface area contributed by atoms with Crippen molar-refractivity contribution in [2.45, 2.75) is 0 Å². The van der Waals surface area contributed by atoms with Gasteiger partial charge in [0, 0.05) is 0 Å². The van der Waals surface area contributed by atoms with Crippen LogP contribution in [0.4, 0.5) is 0 Å². The zero-order valence-corrected chi connectivity index (χ0v) is 13.6. The summed E-state index contributed by atoms with van der Waals surface area (Å²) in [5.74, 6) is 0. The fourth-order valence-corrected chi connectivity index (χ4v) is 1.01. The Labute approximate surface area is 120 Å². The third-order valence-electron chi connectivity index (χ3n) is 1.34. The molecule has 0 aliphatic heterocycles. The molecule has 2 aromatic rings. The first-order valence-electron chi connectivity index (χ1n) is 4.03. The molecule has 0 atom stereocenters. The minimum absolute atomic E-state index is 0. The van der Waals surface area contributed by atoms with Crippen LogP contribution in [0.25, 0.3) is 0 Å². The van der Waals surface area contributed by atoms with Crippen molar-refractivity contribution in [1.82, 2.24) is 0 Å². The Morgan fingerprint density at radius 2 is 1.13 bits per heavy atom. The van der Waals surface area contributed by atoms with Crippen LogP contribution in [0.15, 0.2) is 48.5 Å². The molecular formula is C12H8CdCl2. The standard InChI is InChI=1S/2C6H4Cl.Cd/c2*7-6-4-2-1-3-5-6;/h2*1-4H;/q2*-1;+2. The molecule has 0 fully saturated rings. The van der Waals surface area contributed by atoms with E-state index in [1.165, 1.54) is 0 Å². The van der Waals surface area contributed by atoms with Crippen molar-refractivity contribution in [2.75, 3.05) is 0 Å². The summed E-state index contributed by atoms with van der Waals surface area (Å²) in [5, 5.41) is 1.34. The van der Waals surface area contributed by atoms with Gasteiger partial charge in [0.05, 0.1) is 0 Å². The van der Waals surface area contributed by atoms with Crippen molar-refractivity contribution in [3.8, 4) is 0 Å². The Balaban J connectivity index is 0.000000245. The fraction of sp³-hybridized carbons (Fsp3) is 0. The van der Waals surface area contributed by atoms with Crippen molar-refractivity contribution >= 4 is 23.2 Å². The van der Waals surface area contributed by atoms with Gasteiger partial charge in [-0.2, -0.15) is 60.7 Å². The zero-order valence-electron chi connectivity index (χ0n) is 8.08. The van der Waals surface area contributed by atoms with Crippen molar-refractivity contribution in [3.05, 3.63) is 70.7 Å². The van der Waals surface area contributed by atoms with Crippen LogP contribution in [-0.4, -0.2) is 0 Å². The molecule has 0 amide bonds. The summed E-state index contributed by atoms with van der Waals surface area (Å²) in [5.41, 5.74) is 0. The van der Waals surface area contributed by atoms with Gasteiger partial charge in [0.25, 0.3) is 0 Å². The van der Waals surface area contributed by atoms with Crippen LogP contribution >= 0.6 is 23.2 Å². The number of hydrogen-bond donors (Lipinski definition) is 0. The maximum absolute atomic E-state index is 5.48. The molecule has 0 saturated heterocycles. The van der Waals surface area contributed by atoms with Crippen molar-refractivity contribution < 1.29 is 27.3 Å². The molecule has 3 heteroatoms. The summed E-state index contributed by atoms with van der Waals surface area (Å²) in [7, 11) is 0. The summed E-state index contributed by atoms with van der Waals surface area (Å²) in [6.45, 7) is 0. The second kappa shape index (κ2) is 9.19. The van der Waals surface area contributed by atoms with Gasteiger partial charge in [-0.25, -0.2) is 0 Å². The predicted octanol–water partition coefficient (Wildman–Crippen LogP) is 4.28. The minimum Gasteiger partial charge on any atom is -0.176 e. The zero-order chi connectivity index (χ0) is 10.2. The first-order valence-corrected chi connectivity index (χ1v) is 4.79. The number of benzene rings is 2. The molecule has 2 aromatic carbocycles. The van der Waals surface area contributed by atoms with Crippen molar-refractivity contribution in [3.63, 3.8) is 0 Å². The second-order valence-corrected chi connectivity index (χ2v) is 3.24. The molecule has 0 bridgehead atoms. The maximum Gasteiger partial charge on any atom is 2.00 e. The third-order valence-corrected chi connectivity index (χ3v) is 1.81. The average molecular weight is 336 g/mol. The van der Waals surface area contributed by atoms with Gasteiger partial charge in [-0.15, -0.1) is 23.2 Å². The largest absolute Gasteiger partial charge is 2.00 e. The molecule has 15 heavy (non-hydrogen) atoms. The predicted molar refractivity (Wildman–Crippen MR) is 60.6 cm³/mol. The number of hydrogen-bond acceptors (Lipinski definition) is 0. The van der Waals surface area contributed by atoms with Gasteiger partial charge in [-0.1, -0.05) is 10.0 Å². The molecule has 0 aliphatic rings. The van der Waals surface area contributed by atoms with E-state index in [0.717, 1.165) is 0 Å². The second-order valence-electron chi connectivity index (χ2n) is 2.42. The average Bonchev–Trinajstić information content (AvgIpc) is 2.21. The van der Waals surface area contributed by atoms with Crippen molar-refractivity contribution in [1.29, 1.82) is 0 Å². The van der Waals surface area contributed by atoms with Gasteiger partial charge in [0.1, 0.15) is 0 Å². The number of halogens is 2. The Morgan fingerprint density at radius 1 is 0.733 bits per heavy atom. The van der Waals surface area contributed by atoms with Crippen molar-refractivity contribution in [2.24, 2.45) is 0 Å². The van der Waals surface area contributed by atoms with Crippen LogP contribution in [0, 0.1) is 12.1 Å². The van der Waals surface area contributed by atoms with E-state index in [0.29, 0.717) is 10.0 Å². The molecule has 0 spiro atoms. The van der Waals surface area contributed by atoms with E-state index >= 15 is 0 Å². The monoisotopic (exact) mass is 336 g/mol. The topological polar surface area (TPSA) is 0 Å². The van der Waals surface area contributed by atoms with Crippen LogP contribution in [0.2, 0.25) is 10.0 Å². The van der Waals surface area contributed by atoms with Crippen LogP contribution in [-0.2, 0) is 27.3 Å². The Morgan fingerprint density at radius 3 is 1.27 bits per heavy atom. The molecule has 0 radical (unpaired) electrons. The summed E-state index contributed by atoms with van der Waals surface area (Å²) in [6, 6.07) is 20.2. The summed E-state index contributed by atoms with van der Waals surface area (Å²) in [6.07, 6.45) is 0. The normalized spacial score (nSPS) is 8.13. The van der Waals surface area contributed by atoms with Gasteiger partial charge in [0.2, 0.25) is 0 Å².